The third kappa shape index (κ3) is 2.54. The Kier molecular flexibility index (Phi) is 3.36. The van der Waals surface area contributed by atoms with Crippen LogP contribution in [0.25, 0.3) is 0 Å². The van der Waals surface area contributed by atoms with Gasteiger partial charge in [0.1, 0.15) is 0 Å². The van der Waals surface area contributed by atoms with Crippen molar-refractivity contribution in [1.82, 2.24) is 4.90 Å². The normalized spacial score (nSPS) is 37.8. The van der Waals surface area contributed by atoms with Gasteiger partial charge in [0.05, 0.1) is 13.2 Å². The van der Waals surface area contributed by atoms with Crippen LogP contribution in [0.3, 0.4) is 0 Å². The summed E-state index contributed by atoms with van der Waals surface area (Å²) in [6.07, 6.45) is 4.16. The predicted molar refractivity (Wildman–Crippen MR) is 63.0 cm³/mol. The topological polar surface area (TPSA) is 12.5 Å². The maximum absolute atomic E-state index is 5.42. The quantitative estimate of drug-likeness (QED) is 0.661. The highest BCUT2D eigenvalue weighted by Gasteiger charge is 2.36. The molecule has 0 bridgehead atoms. The van der Waals surface area contributed by atoms with Gasteiger partial charge in [-0.05, 0) is 30.6 Å². The van der Waals surface area contributed by atoms with E-state index in [1.54, 1.807) is 0 Å². The Bertz CT molecular complexity index is 209. The second-order valence-corrected chi connectivity index (χ2v) is 5.97. The molecule has 88 valence electrons. The lowest BCUT2D eigenvalue weighted by Crippen LogP contribution is -2.48. The van der Waals surface area contributed by atoms with Gasteiger partial charge in [-0.25, -0.2) is 0 Å². The van der Waals surface area contributed by atoms with Gasteiger partial charge in [0.15, 0.2) is 0 Å². The summed E-state index contributed by atoms with van der Waals surface area (Å²) in [4.78, 5) is 2.65. The Hall–Kier alpha value is -0.0800. The van der Waals surface area contributed by atoms with Crippen molar-refractivity contribution in [1.29, 1.82) is 0 Å². The first-order chi connectivity index (χ1) is 7.09. The van der Waals surface area contributed by atoms with Gasteiger partial charge in [-0.2, -0.15) is 0 Å². The van der Waals surface area contributed by atoms with E-state index in [1.165, 1.54) is 19.3 Å². The van der Waals surface area contributed by atoms with Gasteiger partial charge in [0.2, 0.25) is 0 Å². The van der Waals surface area contributed by atoms with Crippen molar-refractivity contribution in [3.8, 4) is 0 Å². The molecule has 2 fully saturated rings. The van der Waals surface area contributed by atoms with Crippen molar-refractivity contribution in [2.45, 2.75) is 46.1 Å². The monoisotopic (exact) mass is 211 g/mol. The third-order valence-corrected chi connectivity index (χ3v) is 4.59. The van der Waals surface area contributed by atoms with Crippen LogP contribution in [0, 0.1) is 11.3 Å². The van der Waals surface area contributed by atoms with Gasteiger partial charge < -0.3 is 4.74 Å². The zero-order valence-corrected chi connectivity index (χ0v) is 10.5. The zero-order chi connectivity index (χ0) is 10.9. The Balaban J connectivity index is 1.93. The molecule has 2 atom stereocenters. The highest BCUT2D eigenvalue weighted by atomic mass is 16.5. The number of ether oxygens (including phenoxy) is 1. The van der Waals surface area contributed by atoms with Crippen molar-refractivity contribution in [3.63, 3.8) is 0 Å². The fraction of sp³-hybridized carbons (Fsp3) is 1.00. The van der Waals surface area contributed by atoms with E-state index >= 15 is 0 Å². The molecular formula is C13H25NO. The lowest BCUT2D eigenvalue weighted by atomic mass is 9.67. The molecule has 15 heavy (non-hydrogen) atoms. The molecule has 2 rings (SSSR count). The molecule has 2 aliphatic rings. The number of hydrogen-bond donors (Lipinski definition) is 0. The van der Waals surface area contributed by atoms with Gasteiger partial charge in [-0.1, -0.05) is 20.8 Å². The van der Waals surface area contributed by atoms with Crippen LogP contribution in [0.5, 0.6) is 0 Å². The van der Waals surface area contributed by atoms with E-state index in [2.05, 4.69) is 25.7 Å². The summed E-state index contributed by atoms with van der Waals surface area (Å²) in [6.45, 7) is 11.5. The highest BCUT2D eigenvalue weighted by Crippen LogP contribution is 2.41. The van der Waals surface area contributed by atoms with Gasteiger partial charge >= 0.3 is 0 Å². The molecule has 1 heterocycles. The summed E-state index contributed by atoms with van der Waals surface area (Å²) in [5.74, 6) is 0.884. The van der Waals surface area contributed by atoms with Crippen LogP contribution >= 0.6 is 0 Å². The van der Waals surface area contributed by atoms with Gasteiger partial charge in [-0.15, -0.1) is 0 Å². The molecule has 1 aliphatic carbocycles. The summed E-state index contributed by atoms with van der Waals surface area (Å²) in [5.41, 5.74) is 0.529. The zero-order valence-electron chi connectivity index (χ0n) is 10.5. The standard InChI is InChI=1S/C13H25NO/c1-11-4-5-12(10-13(11,2)3)14-6-8-15-9-7-14/h11-12H,4-10H2,1-3H3/t11-,12-/m0/s1. The van der Waals surface area contributed by atoms with E-state index in [0.717, 1.165) is 38.3 Å². The molecule has 2 nitrogen and oxygen atoms in total. The first-order valence-corrected chi connectivity index (χ1v) is 6.41. The van der Waals surface area contributed by atoms with Crippen LogP contribution in [-0.4, -0.2) is 37.2 Å². The highest BCUT2D eigenvalue weighted by molar-refractivity contribution is 4.89. The van der Waals surface area contributed by atoms with Crippen molar-refractivity contribution >= 4 is 0 Å². The molecule has 0 amide bonds. The molecule has 2 heteroatoms. The van der Waals surface area contributed by atoms with E-state index in [-0.39, 0.29) is 0 Å². The fourth-order valence-corrected chi connectivity index (χ4v) is 3.00. The third-order valence-electron chi connectivity index (χ3n) is 4.59. The minimum Gasteiger partial charge on any atom is -0.379 e. The fourth-order valence-electron chi connectivity index (χ4n) is 3.00. The van der Waals surface area contributed by atoms with E-state index < -0.39 is 0 Å². The van der Waals surface area contributed by atoms with E-state index in [9.17, 15) is 0 Å². The number of nitrogens with zero attached hydrogens (tertiary/aromatic N) is 1. The smallest absolute Gasteiger partial charge is 0.0594 e. The largest absolute Gasteiger partial charge is 0.379 e. The van der Waals surface area contributed by atoms with Crippen molar-refractivity contribution < 1.29 is 4.74 Å². The maximum atomic E-state index is 5.42. The molecular weight excluding hydrogens is 186 g/mol. The molecule has 0 radical (unpaired) electrons. The average Bonchev–Trinajstić information content (AvgIpc) is 2.23. The minimum atomic E-state index is 0.529. The first-order valence-electron chi connectivity index (χ1n) is 6.41. The molecule has 1 saturated carbocycles. The average molecular weight is 211 g/mol. The molecule has 0 aromatic rings. The first kappa shape index (κ1) is 11.4. The predicted octanol–water partition coefficient (Wildman–Crippen LogP) is 2.53. The number of hydrogen-bond acceptors (Lipinski definition) is 2. The summed E-state index contributed by atoms with van der Waals surface area (Å²) < 4.78 is 5.42. The van der Waals surface area contributed by atoms with Gasteiger partial charge in [0, 0.05) is 19.1 Å². The van der Waals surface area contributed by atoms with Gasteiger partial charge in [-0.3, -0.25) is 4.90 Å². The van der Waals surface area contributed by atoms with E-state index in [0.29, 0.717) is 5.41 Å². The molecule has 0 unspecified atom stereocenters. The van der Waals surface area contributed by atoms with Crippen molar-refractivity contribution in [3.05, 3.63) is 0 Å². The Morgan fingerprint density at radius 3 is 2.40 bits per heavy atom. The Morgan fingerprint density at radius 2 is 1.80 bits per heavy atom. The van der Waals surface area contributed by atoms with Crippen LogP contribution in [0.1, 0.15) is 40.0 Å². The minimum absolute atomic E-state index is 0.529. The molecule has 0 N–H and O–H groups in total. The molecule has 1 aliphatic heterocycles. The van der Waals surface area contributed by atoms with Gasteiger partial charge in [0.25, 0.3) is 0 Å². The molecule has 1 saturated heterocycles. The Morgan fingerprint density at radius 1 is 1.13 bits per heavy atom. The van der Waals surface area contributed by atoms with Crippen LogP contribution < -0.4 is 0 Å². The molecule has 0 aromatic heterocycles. The maximum Gasteiger partial charge on any atom is 0.0594 e. The Labute approximate surface area is 94.0 Å². The van der Waals surface area contributed by atoms with Crippen molar-refractivity contribution in [2.75, 3.05) is 26.3 Å². The van der Waals surface area contributed by atoms with Crippen LogP contribution in [0.15, 0.2) is 0 Å². The molecule has 0 aromatic carbocycles. The summed E-state index contributed by atoms with van der Waals surface area (Å²) in [7, 11) is 0. The van der Waals surface area contributed by atoms with Crippen LogP contribution in [0.4, 0.5) is 0 Å². The lowest BCUT2D eigenvalue weighted by molar-refractivity contribution is -0.0161. The second-order valence-electron chi connectivity index (χ2n) is 5.97. The number of morpholine rings is 1. The SMILES string of the molecule is C[C@H]1CC[C@H](N2CCOCC2)CC1(C)C. The van der Waals surface area contributed by atoms with Crippen LogP contribution in [-0.2, 0) is 4.74 Å². The molecule has 0 spiro atoms. The van der Waals surface area contributed by atoms with E-state index in [1.807, 2.05) is 0 Å². The lowest BCUT2D eigenvalue weighted by Gasteiger charge is -2.46. The summed E-state index contributed by atoms with van der Waals surface area (Å²) in [6, 6.07) is 0.820. The van der Waals surface area contributed by atoms with Crippen LogP contribution in [0.2, 0.25) is 0 Å². The summed E-state index contributed by atoms with van der Waals surface area (Å²) >= 11 is 0. The summed E-state index contributed by atoms with van der Waals surface area (Å²) in [5, 5.41) is 0. The van der Waals surface area contributed by atoms with Crippen molar-refractivity contribution in [2.24, 2.45) is 11.3 Å². The second kappa shape index (κ2) is 4.42. The van der Waals surface area contributed by atoms with E-state index in [4.69, 9.17) is 4.74 Å². The number of rotatable bonds is 1.